The van der Waals surface area contributed by atoms with Crippen molar-refractivity contribution in [1.82, 2.24) is 0 Å². The molecule has 3 atom stereocenters. The Hall–Kier alpha value is -0.0551. The van der Waals surface area contributed by atoms with Gasteiger partial charge in [-0.3, -0.25) is 0 Å². The number of ether oxygens (including phenoxy) is 2. The van der Waals surface area contributed by atoms with E-state index in [-0.39, 0.29) is 18.2 Å². The molecule has 0 unspecified atom stereocenters. The van der Waals surface area contributed by atoms with Crippen molar-refractivity contribution in [3.8, 4) is 0 Å². The first-order valence-electron chi connectivity index (χ1n) is 3.56. The van der Waals surface area contributed by atoms with E-state index in [9.17, 15) is 5.11 Å². The van der Waals surface area contributed by atoms with E-state index in [2.05, 4.69) is 0 Å². The molecule has 0 aliphatic carbocycles. The quantitative estimate of drug-likeness (QED) is 0.491. The molecule has 0 aromatic rings. The van der Waals surface area contributed by atoms with Crippen molar-refractivity contribution in [3.63, 3.8) is 0 Å². The van der Waals surface area contributed by atoms with Gasteiger partial charge in [-0.15, -0.1) is 0 Å². The molecule has 1 aliphatic rings. The minimum absolute atomic E-state index is 0.111. The average Bonchev–Trinajstić information content (AvgIpc) is 2.13. The molecule has 1 heterocycles. The Bertz CT molecular complexity index is 109. The van der Waals surface area contributed by atoms with Crippen LogP contribution < -0.4 is 0 Å². The first-order chi connectivity index (χ1) is 4.74. The topological polar surface area (TPSA) is 38.7 Å². The molecule has 0 aromatic heterocycles. The number of hydrogen-bond donors (Lipinski definition) is 1. The lowest BCUT2D eigenvalue weighted by Crippen LogP contribution is -2.25. The highest BCUT2D eigenvalue weighted by atomic mass is 16.5. The van der Waals surface area contributed by atoms with Gasteiger partial charge in [0.1, 0.15) is 14.0 Å². The molecule has 0 radical (unpaired) electrons. The summed E-state index contributed by atoms with van der Waals surface area (Å²) in [7, 11) is 3.57. The molecule has 3 nitrogen and oxygen atoms in total. The molecule has 1 N–H and O–H groups in total. The van der Waals surface area contributed by atoms with Gasteiger partial charge >= 0.3 is 0 Å². The Morgan fingerprint density at radius 3 is 2.90 bits per heavy atom. The first kappa shape index (κ1) is 8.05. The lowest BCUT2D eigenvalue weighted by molar-refractivity contribution is -0.0173. The Morgan fingerprint density at radius 1 is 1.80 bits per heavy atom. The maximum Gasteiger partial charge on any atom is 0.139 e. The minimum atomic E-state index is -0.338. The van der Waals surface area contributed by atoms with Gasteiger partial charge in [-0.2, -0.15) is 0 Å². The second-order valence-electron chi connectivity index (χ2n) is 2.74. The maximum absolute atomic E-state index is 9.29. The van der Waals surface area contributed by atoms with E-state index in [4.69, 9.17) is 9.47 Å². The third kappa shape index (κ3) is 1.72. The number of rotatable bonds is 2. The van der Waals surface area contributed by atoms with E-state index in [0.717, 1.165) is 6.42 Å². The van der Waals surface area contributed by atoms with Crippen molar-refractivity contribution in [3.05, 3.63) is 0 Å². The van der Waals surface area contributed by atoms with E-state index in [0.29, 0.717) is 6.61 Å². The molecule has 0 bridgehead atoms. The summed E-state index contributed by atoms with van der Waals surface area (Å²) in [6, 6.07) is 0.176. The van der Waals surface area contributed by atoms with Crippen molar-refractivity contribution < 1.29 is 14.6 Å². The SMILES string of the molecule is B[C@H]1C[C@@H](O)[C@@H](COC)O1. The first-order valence-corrected chi connectivity index (χ1v) is 3.56. The van der Waals surface area contributed by atoms with Crippen molar-refractivity contribution >= 4 is 7.85 Å². The predicted molar refractivity (Wildman–Crippen MR) is 39.7 cm³/mol. The van der Waals surface area contributed by atoms with E-state index < -0.39 is 0 Å². The zero-order chi connectivity index (χ0) is 7.56. The van der Waals surface area contributed by atoms with Crippen LogP contribution in [-0.4, -0.2) is 44.9 Å². The molecule has 0 amide bonds. The number of hydrogen-bond acceptors (Lipinski definition) is 3. The highest BCUT2D eigenvalue weighted by Crippen LogP contribution is 2.17. The summed E-state index contributed by atoms with van der Waals surface area (Å²) < 4.78 is 10.2. The molecule has 0 saturated carbocycles. The zero-order valence-corrected chi connectivity index (χ0v) is 6.41. The van der Waals surface area contributed by atoms with Crippen LogP contribution in [-0.2, 0) is 9.47 Å². The molecular formula is C6H13BO3. The molecule has 10 heavy (non-hydrogen) atoms. The average molecular weight is 144 g/mol. The fraction of sp³-hybridized carbons (Fsp3) is 1.00. The maximum atomic E-state index is 9.29. The van der Waals surface area contributed by atoms with Crippen LogP contribution in [0.3, 0.4) is 0 Å². The van der Waals surface area contributed by atoms with Crippen LogP contribution in [0.1, 0.15) is 6.42 Å². The molecule has 1 aliphatic heterocycles. The normalized spacial score (nSPS) is 40.4. The zero-order valence-electron chi connectivity index (χ0n) is 6.41. The molecule has 0 aromatic carbocycles. The van der Waals surface area contributed by atoms with E-state index in [1.807, 2.05) is 7.85 Å². The number of methoxy groups -OCH3 is 1. The van der Waals surface area contributed by atoms with Gasteiger partial charge in [-0.1, -0.05) is 0 Å². The lowest BCUT2D eigenvalue weighted by atomic mass is 9.96. The second-order valence-corrected chi connectivity index (χ2v) is 2.74. The summed E-state index contributed by atoms with van der Waals surface area (Å²) in [5, 5.41) is 9.29. The van der Waals surface area contributed by atoms with Gasteiger partial charge in [0, 0.05) is 13.1 Å². The van der Waals surface area contributed by atoms with Crippen LogP contribution >= 0.6 is 0 Å². The molecule has 0 spiro atoms. The van der Waals surface area contributed by atoms with Crippen LogP contribution in [0.4, 0.5) is 0 Å². The predicted octanol–water partition coefficient (Wildman–Crippen LogP) is -1.26. The number of aliphatic hydroxyl groups is 1. The van der Waals surface area contributed by atoms with Crippen molar-refractivity contribution in [1.29, 1.82) is 0 Å². The standard InChI is InChI=1S/C6H13BO3/c1-9-3-5-4(8)2-6(7)10-5/h4-6,8H,2-3,7H2,1H3/t4-,5-,6-/m1/s1. The largest absolute Gasteiger partial charge is 0.390 e. The van der Waals surface area contributed by atoms with Gasteiger partial charge in [-0.25, -0.2) is 0 Å². The van der Waals surface area contributed by atoms with Crippen LogP contribution in [0.15, 0.2) is 0 Å². The van der Waals surface area contributed by atoms with Crippen molar-refractivity contribution in [2.24, 2.45) is 0 Å². The van der Waals surface area contributed by atoms with Gasteiger partial charge in [-0.05, 0) is 6.42 Å². The highest BCUT2D eigenvalue weighted by Gasteiger charge is 2.30. The Morgan fingerprint density at radius 2 is 2.50 bits per heavy atom. The lowest BCUT2D eigenvalue weighted by Gasteiger charge is -2.11. The smallest absolute Gasteiger partial charge is 0.139 e. The summed E-state index contributed by atoms with van der Waals surface area (Å²) in [5.74, 6) is 0. The molecule has 4 heteroatoms. The van der Waals surface area contributed by atoms with Crippen molar-refractivity contribution in [2.45, 2.75) is 24.6 Å². The van der Waals surface area contributed by atoms with Crippen LogP contribution in [0, 0.1) is 0 Å². The van der Waals surface area contributed by atoms with Gasteiger partial charge in [0.05, 0.1) is 12.7 Å². The van der Waals surface area contributed by atoms with Crippen LogP contribution in [0.5, 0.6) is 0 Å². The molecule has 1 saturated heterocycles. The van der Waals surface area contributed by atoms with Gasteiger partial charge in [0.2, 0.25) is 0 Å². The van der Waals surface area contributed by atoms with E-state index in [1.54, 1.807) is 7.11 Å². The summed E-state index contributed by atoms with van der Waals surface area (Å²) in [5.41, 5.74) is 0. The van der Waals surface area contributed by atoms with Crippen LogP contribution in [0.25, 0.3) is 0 Å². The minimum Gasteiger partial charge on any atom is -0.390 e. The molecule has 1 rings (SSSR count). The highest BCUT2D eigenvalue weighted by molar-refractivity contribution is 6.11. The van der Waals surface area contributed by atoms with E-state index >= 15 is 0 Å². The fourth-order valence-electron chi connectivity index (χ4n) is 1.25. The summed E-state index contributed by atoms with van der Waals surface area (Å²) in [4.78, 5) is 0. The summed E-state index contributed by atoms with van der Waals surface area (Å²) in [6.07, 6.45) is 0.281. The van der Waals surface area contributed by atoms with Gasteiger partial charge in [0.25, 0.3) is 0 Å². The molecule has 1 fully saturated rings. The second kappa shape index (κ2) is 3.37. The monoisotopic (exact) mass is 144 g/mol. The third-order valence-electron chi connectivity index (χ3n) is 1.74. The summed E-state index contributed by atoms with van der Waals surface area (Å²) >= 11 is 0. The fourth-order valence-corrected chi connectivity index (χ4v) is 1.25. The number of aliphatic hydroxyl groups excluding tert-OH is 1. The van der Waals surface area contributed by atoms with Gasteiger partial charge in [0.15, 0.2) is 0 Å². The van der Waals surface area contributed by atoms with Crippen molar-refractivity contribution in [2.75, 3.05) is 13.7 Å². The van der Waals surface area contributed by atoms with Crippen LogP contribution in [0.2, 0.25) is 0 Å². The Kier molecular flexibility index (Phi) is 2.71. The third-order valence-corrected chi connectivity index (χ3v) is 1.74. The van der Waals surface area contributed by atoms with E-state index in [1.165, 1.54) is 0 Å². The molecule has 58 valence electrons. The summed E-state index contributed by atoms with van der Waals surface area (Å²) in [6.45, 7) is 0.492. The Labute approximate surface area is 61.7 Å². The Balaban J connectivity index is 2.31. The molecular weight excluding hydrogens is 131 g/mol. The van der Waals surface area contributed by atoms with Gasteiger partial charge < -0.3 is 14.6 Å².